The van der Waals surface area contributed by atoms with E-state index in [1.807, 2.05) is 0 Å². The van der Waals surface area contributed by atoms with Gasteiger partial charge in [0.15, 0.2) is 0 Å². The van der Waals surface area contributed by atoms with Gasteiger partial charge in [0.2, 0.25) is 0 Å². The van der Waals surface area contributed by atoms with Crippen LogP contribution < -0.4 is 5.73 Å². The van der Waals surface area contributed by atoms with Crippen molar-refractivity contribution in [3.8, 4) is 0 Å². The van der Waals surface area contributed by atoms with Crippen LogP contribution in [0.3, 0.4) is 0 Å². The first-order valence-corrected chi connectivity index (χ1v) is 6.40. The molecule has 0 aliphatic heterocycles. The molecule has 1 saturated carbocycles. The Kier molecular flexibility index (Phi) is 4.31. The maximum atomic E-state index is 5.68. The Morgan fingerprint density at radius 1 is 1.28 bits per heavy atom. The SMILES string of the molecule is COCCn1c(CN)nnc1CC1(OC)CCC1. The van der Waals surface area contributed by atoms with E-state index in [0.717, 1.165) is 37.5 Å². The summed E-state index contributed by atoms with van der Waals surface area (Å²) in [7, 11) is 3.47. The average Bonchev–Trinajstić information content (AvgIpc) is 2.73. The van der Waals surface area contributed by atoms with Crippen LogP contribution in [0.5, 0.6) is 0 Å². The van der Waals surface area contributed by atoms with Gasteiger partial charge in [0.05, 0.1) is 18.8 Å². The van der Waals surface area contributed by atoms with Crippen molar-refractivity contribution in [3.05, 3.63) is 11.6 Å². The second-order valence-corrected chi connectivity index (χ2v) is 4.80. The molecule has 0 atom stereocenters. The molecule has 1 fully saturated rings. The fourth-order valence-electron chi connectivity index (χ4n) is 2.41. The standard InChI is InChI=1S/C12H22N4O2/c1-17-7-6-16-10(14-15-11(16)9-13)8-12(18-2)4-3-5-12/h3-9,13H2,1-2H3. The predicted octanol–water partition coefficient (Wildman–Crippen LogP) is 0.495. The minimum atomic E-state index is -0.0380. The van der Waals surface area contributed by atoms with Gasteiger partial charge in [-0.1, -0.05) is 0 Å². The second kappa shape index (κ2) is 5.77. The van der Waals surface area contributed by atoms with Crippen molar-refractivity contribution in [2.75, 3.05) is 20.8 Å². The van der Waals surface area contributed by atoms with Crippen LogP contribution in [0.25, 0.3) is 0 Å². The van der Waals surface area contributed by atoms with Crippen molar-refractivity contribution in [3.63, 3.8) is 0 Å². The van der Waals surface area contributed by atoms with E-state index in [0.29, 0.717) is 13.2 Å². The molecule has 1 heterocycles. The highest BCUT2D eigenvalue weighted by Gasteiger charge is 2.38. The van der Waals surface area contributed by atoms with Crippen LogP contribution >= 0.6 is 0 Å². The zero-order valence-corrected chi connectivity index (χ0v) is 11.2. The summed E-state index contributed by atoms with van der Waals surface area (Å²) in [6.45, 7) is 1.78. The third-order valence-electron chi connectivity index (χ3n) is 3.78. The molecule has 1 aliphatic carbocycles. The Morgan fingerprint density at radius 3 is 2.50 bits per heavy atom. The number of hydrogen-bond acceptors (Lipinski definition) is 5. The lowest BCUT2D eigenvalue weighted by molar-refractivity contribution is -0.0727. The quantitative estimate of drug-likeness (QED) is 0.766. The van der Waals surface area contributed by atoms with E-state index in [1.165, 1.54) is 6.42 Å². The maximum Gasteiger partial charge on any atom is 0.146 e. The number of ether oxygens (including phenoxy) is 2. The van der Waals surface area contributed by atoms with Gasteiger partial charge in [-0.25, -0.2) is 0 Å². The molecule has 2 rings (SSSR count). The summed E-state index contributed by atoms with van der Waals surface area (Å²) < 4.78 is 12.8. The molecule has 0 amide bonds. The number of aromatic nitrogens is 3. The fraction of sp³-hybridized carbons (Fsp3) is 0.833. The van der Waals surface area contributed by atoms with Crippen LogP contribution in [-0.4, -0.2) is 41.2 Å². The van der Waals surface area contributed by atoms with Crippen molar-refractivity contribution >= 4 is 0 Å². The molecule has 1 aliphatic rings. The first-order chi connectivity index (χ1) is 8.74. The fourth-order valence-corrected chi connectivity index (χ4v) is 2.41. The van der Waals surface area contributed by atoms with Gasteiger partial charge in [-0.3, -0.25) is 0 Å². The molecule has 0 spiro atoms. The Hall–Kier alpha value is -0.980. The Balaban J connectivity index is 2.13. The molecule has 0 saturated heterocycles. The first kappa shape index (κ1) is 13.5. The molecule has 0 unspecified atom stereocenters. The first-order valence-electron chi connectivity index (χ1n) is 6.40. The van der Waals surface area contributed by atoms with E-state index in [2.05, 4.69) is 14.8 Å². The summed E-state index contributed by atoms with van der Waals surface area (Å²) in [6, 6.07) is 0. The topological polar surface area (TPSA) is 75.2 Å². The summed E-state index contributed by atoms with van der Waals surface area (Å²) >= 11 is 0. The van der Waals surface area contributed by atoms with Gasteiger partial charge in [0, 0.05) is 27.2 Å². The monoisotopic (exact) mass is 254 g/mol. The third kappa shape index (κ3) is 2.55. The van der Waals surface area contributed by atoms with Crippen LogP contribution in [-0.2, 0) is 29.0 Å². The maximum absolute atomic E-state index is 5.68. The summed E-state index contributed by atoms with van der Waals surface area (Å²) in [5, 5.41) is 8.39. The zero-order chi connectivity index (χ0) is 13.0. The van der Waals surface area contributed by atoms with Crippen molar-refractivity contribution in [2.45, 2.75) is 44.4 Å². The van der Waals surface area contributed by atoms with E-state index < -0.39 is 0 Å². The molecule has 1 aromatic heterocycles. The molecule has 1 aromatic rings. The Labute approximate surface area is 107 Å². The van der Waals surface area contributed by atoms with Crippen molar-refractivity contribution < 1.29 is 9.47 Å². The van der Waals surface area contributed by atoms with Crippen LogP contribution in [0.15, 0.2) is 0 Å². The van der Waals surface area contributed by atoms with Crippen molar-refractivity contribution in [2.24, 2.45) is 5.73 Å². The highest BCUT2D eigenvalue weighted by atomic mass is 16.5. The van der Waals surface area contributed by atoms with E-state index >= 15 is 0 Å². The third-order valence-corrected chi connectivity index (χ3v) is 3.78. The smallest absolute Gasteiger partial charge is 0.146 e. The second-order valence-electron chi connectivity index (χ2n) is 4.80. The van der Waals surface area contributed by atoms with Gasteiger partial charge in [-0.15, -0.1) is 10.2 Å². The molecular formula is C12H22N4O2. The molecule has 0 aromatic carbocycles. The molecule has 102 valence electrons. The number of methoxy groups -OCH3 is 2. The van der Waals surface area contributed by atoms with Crippen LogP contribution in [0, 0.1) is 0 Å². The molecule has 6 heteroatoms. The largest absolute Gasteiger partial charge is 0.383 e. The van der Waals surface area contributed by atoms with E-state index in [4.69, 9.17) is 15.2 Å². The van der Waals surface area contributed by atoms with Crippen LogP contribution in [0.1, 0.15) is 30.9 Å². The number of rotatable bonds is 7. The van der Waals surface area contributed by atoms with Gasteiger partial charge in [0.1, 0.15) is 11.6 Å². The summed E-state index contributed by atoms with van der Waals surface area (Å²) in [5.41, 5.74) is 5.65. The number of nitrogens with two attached hydrogens (primary N) is 1. The Morgan fingerprint density at radius 2 is 2.00 bits per heavy atom. The van der Waals surface area contributed by atoms with Crippen LogP contribution in [0.4, 0.5) is 0 Å². The summed E-state index contributed by atoms with van der Waals surface area (Å²) in [5.74, 6) is 1.77. The molecule has 0 radical (unpaired) electrons. The lowest BCUT2D eigenvalue weighted by atomic mass is 9.77. The van der Waals surface area contributed by atoms with Gasteiger partial charge in [-0.2, -0.15) is 0 Å². The molecule has 6 nitrogen and oxygen atoms in total. The van der Waals surface area contributed by atoms with Gasteiger partial charge in [-0.05, 0) is 19.3 Å². The van der Waals surface area contributed by atoms with Gasteiger partial charge >= 0.3 is 0 Å². The lowest BCUT2D eigenvalue weighted by Gasteiger charge is -2.40. The molecular weight excluding hydrogens is 232 g/mol. The van der Waals surface area contributed by atoms with E-state index in [1.54, 1.807) is 14.2 Å². The van der Waals surface area contributed by atoms with E-state index in [9.17, 15) is 0 Å². The van der Waals surface area contributed by atoms with Crippen molar-refractivity contribution in [1.82, 2.24) is 14.8 Å². The molecule has 2 N–H and O–H groups in total. The minimum absolute atomic E-state index is 0.0380. The molecule has 0 bridgehead atoms. The van der Waals surface area contributed by atoms with Crippen LogP contribution in [0.2, 0.25) is 0 Å². The zero-order valence-electron chi connectivity index (χ0n) is 11.2. The highest BCUT2D eigenvalue weighted by Crippen LogP contribution is 2.37. The van der Waals surface area contributed by atoms with Gasteiger partial charge < -0.3 is 19.8 Å². The summed E-state index contributed by atoms with van der Waals surface area (Å²) in [4.78, 5) is 0. The lowest BCUT2D eigenvalue weighted by Crippen LogP contribution is -2.42. The normalized spacial score (nSPS) is 17.7. The van der Waals surface area contributed by atoms with E-state index in [-0.39, 0.29) is 5.60 Å². The van der Waals surface area contributed by atoms with Crippen molar-refractivity contribution in [1.29, 1.82) is 0 Å². The summed E-state index contributed by atoms with van der Waals surface area (Å²) in [6.07, 6.45) is 4.22. The number of nitrogens with zero attached hydrogens (tertiary/aromatic N) is 3. The average molecular weight is 254 g/mol. The number of hydrogen-bond donors (Lipinski definition) is 1. The molecule has 18 heavy (non-hydrogen) atoms. The minimum Gasteiger partial charge on any atom is -0.383 e. The highest BCUT2D eigenvalue weighted by molar-refractivity contribution is 5.04. The Bertz CT molecular complexity index is 382. The predicted molar refractivity (Wildman–Crippen MR) is 67.1 cm³/mol. The van der Waals surface area contributed by atoms with Gasteiger partial charge in [0.25, 0.3) is 0 Å².